The maximum absolute atomic E-state index is 11.1. The van der Waals surface area contributed by atoms with Gasteiger partial charge >= 0.3 is 5.97 Å². The second-order valence-electron chi connectivity index (χ2n) is 6.08. The molecular formula is C15H32N2O3Si. The van der Waals surface area contributed by atoms with Crippen molar-refractivity contribution in [2.45, 2.75) is 65.1 Å². The Bertz CT molecular complexity index is 309. The molecule has 0 radical (unpaired) electrons. The number of esters is 1. The summed E-state index contributed by atoms with van der Waals surface area (Å²) in [5.41, 5.74) is 4.54. The molecule has 0 saturated carbocycles. The lowest BCUT2D eigenvalue weighted by molar-refractivity contribution is -0.134. The molecule has 0 unspecified atom stereocenters. The van der Waals surface area contributed by atoms with Crippen LogP contribution < -0.4 is 5.43 Å². The highest BCUT2D eigenvalue weighted by Crippen LogP contribution is 2.41. The lowest BCUT2D eigenvalue weighted by Crippen LogP contribution is -2.48. The molecule has 0 aliphatic rings. The van der Waals surface area contributed by atoms with Crippen LogP contribution in [-0.2, 0) is 14.0 Å². The van der Waals surface area contributed by atoms with Gasteiger partial charge in [0.15, 0.2) is 8.32 Å². The average Bonchev–Trinajstić information content (AvgIpc) is 2.36. The van der Waals surface area contributed by atoms with Crippen molar-refractivity contribution in [2.24, 2.45) is 5.10 Å². The molecule has 0 aliphatic heterocycles. The third-order valence-corrected chi connectivity index (χ3v) is 9.94. The second-order valence-corrected chi connectivity index (χ2v) is 11.5. The van der Waals surface area contributed by atoms with Gasteiger partial charge in [-0.15, -0.1) is 0 Å². The fourth-order valence-corrected chi connectivity index (χ4v) is 8.57. The van der Waals surface area contributed by atoms with Crippen LogP contribution in [0.5, 0.6) is 0 Å². The summed E-state index contributed by atoms with van der Waals surface area (Å²) in [6.45, 7) is 16.9. The van der Waals surface area contributed by atoms with E-state index in [2.05, 4.69) is 52.1 Å². The van der Waals surface area contributed by atoms with Crippen molar-refractivity contribution in [2.75, 3.05) is 19.8 Å². The summed E-state index contributed by atoms with van der Waals surface area (Å²) >= 11 is 0. The molecule has 0 atom stereocenters. The average molecular weight is 317 g/mol. The predicted octanol–water partition coefficient (Wildman–Crippen LogP) is 3.32. The molecule has 6 heteroatoms. The van der Waals surface area contributed by atoms with E-state index in [9.17, 15) is 4.79 Å². The fraction of sp³-hybridized carbons (Fsp3) is 0.867. The first-order chi connectivity index (χ1) is 9.78. The Hall–Kier alpha value is -0.883. The van der Waals surface area contributed by atoms with E-state index in [0.717, 1.165) is 6.21 Å². The minimum Gasteiger partial charge on any atom is -0.462 e. The zero-order valence-electron chi connectivity index (χ0n) is 14.6. The fourth-order valence-electron chi connectivity index (χ4n) is 3.12. The maximum atomic E-state index is 11.1. The van der Waals surface area contributed by atoms with Gasteiger partial charge in [0.05, 0.1) is 19.8 Å². The van der Waals surface area contributed by atoms with E-state index < -0.39 is 14.3 Å². The van der Waals surface area contributed by atoms with Gasteiger partial charge in [-0.25, -0.2) is 4.79 Å². The summed E-state index contributed by atoms with van der Waals surface area (Å²) in [4.78, 5) is 11.1. The highest BCUT2D eigenvalue weighted by atomic mass is 28.4. The molecule has 0 saturated heterocycles. The third-order valence-electron chi connectivity index (χ3n) is 3.82. The minimum atomic E-state index is -1.81. The first-order valence-electron chi connectivity index (χ1n) is 7.85. The number of hydrogen-bond acceptors (Lipinski definition) is 5. The summed E-state index contributed by atoms with van der Waals surface area (Å²) < 4.78 is 11.1. The zero-order chi connectivity index (χ0) is 16.5. The molecule has 0 aliphatic carbocycles. The largest absolute Gasteiger partial charge is 0.462 e. The second kappa shape index (κ2) is 9.95. The Balaban J connectivity index is 4.31. The number of hydrazone groups is 1. The molecule has 0 spiro atoms. The maximum Gasteiger partial charge on any atom is 0.351 e. The zero-order valence-corrected chi connectivity index (χ0v) is 15.6. The Labute approximate surface area is 130 Å². The molecule has 0 aromatic heterocycles. The van der Waals surface area contributed by atoms with Gasteiger partial charge in [0.1, 0.15) is 6.21 Å². The minimum absolute atomic E-state index is 0.360. The number of ether oxygens (including phenoxy) is 1. The molecule has 1 N–H and O–H groups in total. The van der Waals surface area contributed by atoms with Gasteiger partial charge in [0, 0.05) is 0 Å². The van der Waals surface area contributed by atoms with Crippen molar-refractivity contribution in [3.8, 4) is 0 Å². The van der Waals surface area contributed by atoms with Crippen LogP contribution in [0.2, 0.25) is 16.6 Å². The van der Waals surface area contributed by atoms with Crippen molar-refractivity contribution >= 4 is 20.5 Å². The number of nitrogens with one attached hydrogen (secondary N) is 1. The van der Waals surface area contributed by atoms with Crippen LogP contribution in [0.15, 0.2) is 5.10 Å². The molecule has 0 fully saturated rings. The third kappa shape index (κ3) is 6.18. The highest BCUT2D eigenvalue weighted by Gasteiger charge is 2.44. The highest BCUT2D eigenvalue weighted by molar-refractivity contribution is 6.77. The predicted molar refractivity (Wildman–Crippen MR) is 90.1 cm³/mol. The lowest BCUT2D eigenvalue weighted by Gasteiger charge is -2.42. The molecule has 124 valence electrons. The first-order valence-corrected chi connectivity index (χ1v) is 9.99. The van der Waals surface area contributed by atoms with Gasteiger partial charge in [-0.3, -0.25) is 0 Å². The monoisotopic (exact) mass is 316 g/mol. The van der Waals surface area contributed by atoms with E-state index in [1.54, 1.807) is 6.92 Å². The molecule has 0 amide bonds. The number of carbonyl (C=O) groups excluding carboxylic acids is 1. The molecule has 21 heavy (non-hydrogen) atoms. The summed E-state index contributed by atoms with van der Waals surface area (Å²) in [5.74, 6) is -0.429. The molecule has 0 bridgehead atoms. The Kier molecular flexibility index (Phi) is 9.53. The smallest absolute Gasteiger partial charge is 0.351 e. The van der Waals surface area contributed by atoms with Gasteiger partial charge in [0.2, 0.25) is 0 Å². The molecule has 0 heterocycles. The van der Waals surface area contributed by atoms with Crippen LogP contribution in [0.3, 0.4) is 0 Å². The molecule has 5 nitrogen and oxygen atoms in total. The molecular weight excluding hydrogens is 284 g/mol. The van der Waals surface area contributed by atoms with Gasteiger partial charge < -0.3 is 14.6 Å². The van der Waals surface area contributed by atoms with E-state index >= 15 is 0 Å². The molecule has 0 aromatic carbocycles. The lowest BCUT2D eigenvalue weighted by atomic mass is 10.5. The Morgan fingerprint density at radius 3 is 2.10 bits per heavy atom. The first kappa shape index (κ1) is 20.1. The molecule has 0 aromatic rings. The van der Waals surface area contributed by atoms with Crippen molar-refractivity contribution < 1.29 is 14.0 Å². The van der Waals surface area contributed by atoms with Gasteiger partial charge in [-0.1, -0.05) is 41.5 Å². The van der Waals surface area contributed by atoms with Crippen molar-refractivity contribution in [3.63, 3.8) is 0 Å². The summed E-state index contributed by atoms with van der Waals surface area (Å²) in [7, 11) is -1.81. The van der Waals surface area contributed by atoms with Crippen LogP contribution in [-0.4, -0.2) is 40.3 Å². The standard InChI is InChI=1S/C15H32N2O3Si/c1-8-19-15(18)11-17-16-9-10-20-21(12(2)3,13(4)5)14(6)7/h11-14,16H,8-10H2,1-7H3/b17-11+. The van der Waals surface area contributed by atoms with Crippen molar-refractivity contribution in [3.05, 3.63) is 0 Å². The van der Waals surface area contributed by atoms with Gasteiger partial charge in [0.25, 0.3) is 0 Å². The van der Waals surface area contributed by atoms with Crippen molar-refractivity contribution in [1.29, 1.82) is 0 Å². The van der Waals surface area contributed by atoms with Gasteiger partial charge in [-0.2, -0.15) is 5.10 Å². The summed E-state index contributed by atoms with van der Waals surface area (Å²) in [6.07, 6.45) is 1.15. The van der Waals surface area contributed by atoms with Crippen LogP contribution in [0, 0.1) is 0 Å². The van der Waals surface area contributed by atoms with Crippen molar-refractivity contribution in [1.82, 2.24) is 5.43 Å². The summed E-state index contributed by atoms with van der Waals surface area (Å²) in [5, 5.41) is 3.83. The van der Waals surface area contributed by atoms with E-state index in [1.165, 1.54) is 0 Å². The quantitative estimate of drug-likeness (QED) is 0.221. The SMILES string of the molecule is CCOC(=O)/C=N/NCCO[Si](C(C)C)(C(C)C)C(C)C. The van der Waals surface area contributed by atoms with Crippen LogP contribution in [0.25, 0.3) is 0 Å². The Morgan fingerprint density at radius 1 is 1.14 bits per heavy atom. The van der Waals surface area contributed by atoms with E-state index in [1.807, 2.05) is 0 Å². The number of hydrogen-bond donors (Lipinski definition) is 1. The van der Waals surface area contributed by atoms with Crippen LogP contribution >= 0.6 is 0 Å². The van der Waals surface area contributed by atoms with Gasteiger partial charge in [-0.05, 0) is 23.5 Å². The number of nitrogens with zero attached hydrogens (tertiary/aromatic N) is 1. The van der Waals surface area contributed by atoms with E-state index in [4.69, 9.17) is 9.16 Å². The normalized spacial score (nSPS) is 12.7. The summed E-state index contributed by atoms with van der Waals surface area (Å²) in [6, 6.07) is 0. The number of rotatable bonds is 10. The molecule has 0 rings (SSSR count). The van der Waals surface area contributed by atoms with E-state index in [-0.39, 0.29) is 0 Å². The number of carbonyl (C=O) groups is 1. The Morgan fingerprint density at radius 2 is 1.67 bits per heavy atom. The van der Waals surface area contributed by atoms with Crippen LogP contribution in [0.4, 0.5) is 0 Å². The van der Waals surface area contributed by atoms with E-state index in [0.29, 0.717) is 36.4 Å². The van der Waals surface area contributed by atoms with Crippen LogP contribution in [0.1, 0.15) is 48.5 Å². The topological polar surface area (TPSA) is 59.9 Å².